The van der Waals surface area contributed by atoms with Crippen LogP contribution in [0.1, 0.15) is 18.4 Å². The number of nitrogens with zero attached hydrogens (tertiary/aromatic N) is 1. The first-order valence-electron chi connectivity index (χ1n) is 7.77. The normalized spacial score (nSPS) is 13.9. The van der Waals surface area contributed by atoms with Crippen LogP contribution in [0, 0.1) is 6.92 Å². The number of hydrogen-bond acceptors (Lipinski definition) is 2. The zero-order chi connectivity index (χ0) is 17.1. The second-order valence-corrected chi connectivity index (χ2v) is 6.17. The van der Waals surface area contributed by atoms with E-state index in [9.17, 15) is 9.59 Å². The summed E-state index contributed by atoms with van der Waals surface area (Å²) in [5.74, 6) is 0.126. The van der Waals surface area contributed by atoms with Gasteiger partial charge in [-0.05, 0) is 55.3 Å². The molecule has 0 aliphatic carbocycles. The van der Waals surface area contributed by atoms with E-state index in [2.05, 4.69) is 10.6 Å². The maximum atomic E-state index is 12.1. The third-order valence-corrected chi connectivity index (χ3v) is 4.19. The molecule has 2 N–H and O–H groups in total. The molecule has 2 aromatic carbocycles. The third kappa shape index (κ3) is 3.68. The minimum absolute atomic E-state index is 0.126. The lowest BCUT2D eigenvalue weighted by atomic mass is 10.1. The second-order valence-electron chi connectivity index (χ2n) is 5.74. The Kier molecular flexibility index (Phi) is 4.71. The Balaban J connectivity index is 1.71. The van der Waals surface area contributed by atoms with E-state index in [-0.39, 0.29) is 11.9 Å². The van der Waals surface area contributed by atoms with Crippen molar-refractivity contribution in [2.75, 3.05) is 22.1 Å². The average molecular weight is 344 g/mol. The van der Waals surface area contributed by atoms with Crippen molar-refractivity contribution in [3.05, 3.63) is 53.1 Å². The smallest absolute Gasteiger partial charge is 0.312 e. The number of anilines is 3. The van der Waals surface area contributed by atoms with Gasteiger partial charge in [-0.15, -0.1) is 0 Å². The number of urea groups is 1. The van der Waals surface area contributed by atoms with E-state index in [0.29, 0.717) is 22.8 Å². The van der Waals surface area contributed by atoms with Crippen LogP contribution in [0.4, 0.5) is 21.9 Å². The maximum Gasteiger partial charge on any atom is 0.323 e. The summed E-state index contributed by atoms with van der Waals surface area (Å²) in [6.45, 7) is 2.68. The molecule has 0 unspecified atom stereocenters. The number of amides is 3. The minimum Gasteiger partial charge on any atom is -0.312 e. The third-order valence-electron chi connectivity index (χ3n) is 3.93. The Morgan fingerprint density at radius 3 is 2.42 bits per heavy atom. The maximum absolute atomic E-state index is 12.1. The zero-order valence-electron chi connectivity index (χ0n) is 13.3. The molecule has 0 atom stereocenters. The molecule has 0 bridgehead atoms. The monoisotopic (exact) mass is 343 g/mol. The summed E-state index contributed by atoms with van der Waals surface area (Å²) in [7, 11) is 0. The number of carbonyl (C=O) groups excluding carboxylic acids is 2. The highest BCUT2D eigenvalue weighted by Gasteiger charge is 2.23. The van der Waals surface area contributed by atoms with Gasteiger partial charge in [0.1, 0.15) is 0 Å². The summed E-state index contributed by atoms with van der Waals surface area (Å²) >= 11 is 5.82. The molecule has 6 heteroatoms. The zero-order valence-corrected chi connectivity index (χ0v) is 14.1. The molecule has 3 rings (SSSR count). The van der Waals surface area contributed by atoms with Gasteiger partial charge in [0.2, 0.25) is 5.91 Å². The van der Waals surface area contributed by atoms with E-state index in [1.165, 1.54) is 0 Å². The highest BCUT2D eigenvalue weighted by Crippen LogP contribution is 2.28. The Morgan fingerprint density at radius 2 is 1.75 bits per heavy atom. The number of benzene rings is 2. The van der Waals surface area contributed by atoms with E-state index in [0.717, 1.165) is 24.2 Å². The van der Waals surface area contributed by atoms with E-state index in [1.807, 2.05) is 25.1 Å². The minimum atomic E-state index is -0.347. The summed E-state index contributed by atoms with van der Waals surface area (Å²) in [5.41, 5.74) is 3.15. The van der Waals surface area contributed by atoms with Crippen molar-refractivity contribution < 1.29 is 9.59 Å². The van der Waals surface area contributed by atoms with Gasteiger partial charge in [-0.25, -0.2) is 4.79 Å². The molecule has 1 saturated heterocycles. The SMILES string of the molecule is Cc1ccc(NC(=O)Nc2ccc(Cl)cc2)cc1N1CCCC1=O. The largest absolute Gasteiger partial charge is 0.323 e. The molecule has 5 nitrogen and oxygen atoms in total. The Hall–Kier alpha value is -2.53. The summed E-state index contributed by atoms with van der Waals surface area (Å²) < 4.78 is 0. The van der Waals surface area contributed by atoms with Crippen LogP contribution in [-0.2, 0) is 4.79 Å². The van der Waals surface area contributed by atoms with Gasteiger partial charge in [0, 0.05) is 35.1 Å². The van der Waals surface area contributed by atoms with Crippen molar-refractivity contribution in [1.29, 1.82) is 0 Å². The van der Waals surface area contributed by atoms with Crippen LogP contribution in [0.2, 0.25) is 5.02 Å². The first kappa shape index (κ1) is 16.3. The van der Waals surface area contributed by atoms with Crippen LogP contribution in [0.3, 0.4) is 0 Å². The van der Waals surface area contributed by atoms with Gasteiger partial charge in [0.05, 0.1) is 0 Å². The van der Waals surface area contributed by atoms with Gasteiger partial charge in [0.25, 0.3) is 0 Å². The van der Waals surface area contributed by atoms with Gasteiger partial charge >= 0.3 is 6.03 Å². The van der Waals surface area contributed by atoms with Crippen LogP contribution in [0.15, 0.2) is 42.5 Å². The van der Waals surface area contributed by atoms with Gasteiger partial charge in [-0.1, -0.05) is 17.7 Å². The molecule has 1 aliphatic rings. The van der Waals surface area contributed by atoms with Gasteiger partial charge in [-0.3, -0.25) is 4.79 Å². The predicted octanol–water partition coefficient (Wildman–Crippen LogP) is 4.42. The lowest BCUT2D eigenvalue weighted by Crippen LogP contribution is -2.25. The van der Waals surface area contributed by atoms with E-state index in [4.69, 9.17) is 11.6 Å². The van der Waals surface area contributed by atoms with Gasteiger partial charge in [-0.2, -0.15) is 0 Å². The number of aryl methyl sites for hydroxylation is 1. The fourth-order valence-electron chi connectivity index (χ4n) is 2.71. The number of halogens is 1. The van der Waals surface area contributed by atoms with Crippen molar-refractivity contribution in [3.63, 3.8) is 0 Å². The van der Waals surface area contributed by atoms with Crippen molar-refractivity contribution in [3.8, 4) is 0 Å². The Labute approximate surface area is 145 Å². The number of rotatable bonds is 3. The summed E-state index contributed by atoms with van der Waals surface area (Å²) in [6, 6.07) is 12.1. The number of hydrogen-bond donors (Lipinski definition) is 2. The summed E-state index contributed by atoms with van der Waals surface area (Å²) in [6.07, 6.45) is 1.45. The van der Waals surface area contributed by atoms with Crippen LogP contribution in [-0.4, -0.2) is 18.5 Å². The molecule has 0 saturated carbocycles. The highest BCUT2D eigenvalue weighted by atomic mass is 35.5. The molecule has 2 aromatic rings. The van der Waals surface area contributed by atoms with Crippen LogP contribution >= 0.6 is 11.6 Å². The first-order valence-corrected chi connectivity index (χ1v) is 8.15. The van der Waals surface area contributed by atoms with Crippen molar-refractivity contribution in [1.82, 2.24) is 0 Å². The highest BCUT2D eigenvalue weighted by molar-refractivity contribution is 6.30. The molecule has 124 valence electrons. The molecule has 1 fully saturated rings. The molecule has 24 heavy (non-hydrogen) atoms. The molecule has 1 heterocycles. The molecule has 0 radical (unpaired) electrons. The lowest BCUT2D eigenvalue weighted by molar-refractivity contribution is -0.117. The van der Waals surface area contributed by atoms with Gasteiger partial charge < -0.3 is 15.5 Å². The van der Waals surface area contributed by atoms with E-state index in [1.54, 1.807) is 29.2 Å². The van der Waals surface area contributed by atoms with E-state index >= 15 is 0 Å². The summed E-state index contributed by atoms with van der Waals surface area (Å²) in [4.78, 5) is 25.8. The lowest BCUT2D eigenvalue weighted by Gasteiger charge is -2.19. The van der Waals surface area contributed by atoms with E-state index < -0.39 is 0 Å². The Bertz CT molecular complexity index is 774. The molecular weight excluding hydrogens is 326 g/mol. The fraction of sp³-hybridized carbons (Fsp3) is 0.222. The number of nitrogens with one attached hydrogen (secondary N) is 2. The molecular formula is C18H18ClN3O2. The van der Waals surface area contributed by atoms with Gasteiger partial charge in [0.15, 0.2) is 0 Å². The molecule has 3 amide bonds. The van der Waals surface area contributed by atoms with Crippen molar-refractivity contribution in [2.24, 2.45) is 0 Å². The van der Waals surface area contributed by atoms with Crippen LogP contribution < -0.4 is 15.5 Å². The fourth-order valence-corrected chi connectivity index (χ4v) is 2.83. The molecule has 0 aromatic heterocycles. The molecule has 1 aliphatic heterocycles. The average Bonchev–Trinajstić information content (AvgIpc) is 2.97. The first-order chi connectivity index (χ1) is 11.5. The number of carbonyl (C=O) groups is 2. The Morgan fingerprint density at radius 1 is 1.08 bits per heavy atom. The van der Waals surface area contributed by atoms with Crippen molar-refractivity contribution >= 4 is 40.6 Å². The summed E-state index contributed by atoms with van der Waals surface area (Å²) in [5, 5.41) is 6.14. The quantitative estimate of drug-likeness (QED) is 0.866. The van der Waals surface area contributed by atoms with Crippen LogP contribution in [0.5, 0.6) is 0 Å². The topological polar surface area (TPSA) is 61.4 Å². The second kappa shape index (κ2) is 6.93. The predicted molar refractivity (Wildman–Crippen MR) is 96.9 cm³/mol. The van der Waals surface area contributed by atoms with Crippen molar-refractivity contribution in [2.45, 2.75) is 19.8 Å². The van der Waals surface area contributed by atoms with Crippen LogP contribution in [0.25, 0.3) is 0 Å². The standard InChI is InChI=1S/C18H18ClN3O2/c1-12-4-7-15(11-16(12)22-10-2-3-17(22)23)21-18(24)20-14-8-5-13(19)6-9-14/h4-9,11H,2-3,10H2,1H3,(H2,20,21,24). The molecule has 0 spiro atoms.